The fourth-order valence-corrected chi connectivity index (χ4v) is 3.65. The van der Waals surface area contributed by atoms with Crippen LogP contribution < -0.4 is 5.32 Å². The third-order valence-corrected chi connectivity index (χ3v) is 5.15. The van der Waals surface area contributed by atoms with Crippen molar-refractivity contribution in [1.29, 1.82) is 0 Å². The maximum atomic E-state index is 12.6. The van der Waals surface area contributed by atoms with E-state index in [1.54, 1.807) is 0 Å². The number of imide groups is 2. The normalized spacial score (nSPS) is 22.5. The summed E-state index contributed by atoms with van der Waals surface area (Å²) in [5, 5.41) is 13.1. The summed E-state index contributed by atoms with van der Waals surface area (Å²) in [4.78, 5) is 61.1. The zero-order chi connectivity index (χ0) is 20.4. The lowest BCUT2D eigenvalue weighted by Crippen LogP contribution is -2.46. The van der Waals surface area contributed by atoms with Crippen LogP contribution in [0.25, 0.3) is 0 Å². The minimum absolute atomic E-state index is 0.100. The van der Waals surface area contributed by atoms with E-state index in [0.29, 0.717) is 11.3 Å². The number of rotatable bonds is 5. The first-order chi connectivity index (χ1) is 13.3. The summed E-state index contributed by atoms with van der Waals surface area (Å²) in [6.45, 7) is 1.34. The predicted molar refractivity (Wildman–Crippen MR) is 97.1 cm³/mol. The third kappa shape index (κ3) is 3.71. The van der Waals surface area contributed by atoms with E-state index in [1.165, 1.54) is 24.3 Å². The van der Waals surface area contributed by atoms with Crippen LogP contribution >= 0.6 is 0 Å². The predicted octanol–water partition coefficient (Wildman–Crippen LogP) is 1.90. The molecule has 0 unspecified atom stereocenters. The fourth-order valence-electron chi connectivity index (χ4n) is 3.65. The number of nitro groups is 1. The van der Waals surface area contributed by atoms with Crippen LogP contribution in [0.5, 0.6) is 0 Å². The van der Waals surface area contributed by atoms with Crippen molar-refractivity contribution in [3.8, 4) is 0 Å². The van der Waals surface area contributed by atoms with Crippen LogP contribution in [0, 0.1) is 16.0 Å². The van der Waals surface area contributed by atoms with Gasteiger partial charge in [-0.15, -0.1) is 0 Å². The SMILES string of the molecule is C[C@@H]1CCCC[C@@H]1N1C(=O)C(=O)N(CC(=O)Nc2ccc([N+](=O)[O-])cc2)C1=O. The molecule has 3 rings (SSSR count). The number of nitrogens with zero attached hydrogens (tertiary/aromatic N) is 3. The molecule has 2 fully saturated rings. The maximum absolute atomic E-state index is 12.6. The number of anilines is 1. The third-order valence-electron chi connectivity index (χ3n) is 5.15. The van der Waals surface area contributed by atoms with Gasteiger partial charge in [0.05, 0.1) is 4.92 Å². The van der Waals surface area contributed by atoms with Crippen molar-refractivity contribution in [1.82, 2.24) is 9.80 Å². The molecule has 1 N–H and O–H groups in total. The van der Waals surface area contributed by atoms with Gasteiger partial charge in [-0.3, -0.25) is 29.4 Å². The summed E-state index contributed by atoms with van der Waals surface area (Å²) >= 11 is 0. The first-order valence-electron chi connectivity index (χ1n) is 9.03. The van der Waals surface area contributed by atoms with Gasteiger partial charge < -0.3 is 5.32 Å². The molecule has 148 valence electrons. The summed E-state index contributed by atoms with van der Waals surface area (Å²) in [5.74, 6) is -2.49. The zero-order valence-electron chi connectivity index (χ0n) is 15.3. The topological polar surface area (TPSA) is 130 Å². The number of hydrogen-bond acceptors (Lipinski definition) is 6. The van der Waals surface area contributed by atoms with E-state index in [2.05, 4.69) is 5.32 Å². The number of non-ortho nitro benzene ring substituents is 1. The molecule has 1 heterocycles. The van der Waals surface area contributed by atoms with Gasteiger partial charge in [0.2, 0.25) is 5.91 Å². The van der Waals surface area contributed by atoms with Crippen molar-refractivity contribution in [2.45, 2.75) is 38.6 Å². The van der Waals surface area contributed by atoms with E-state index in [-0.39, 0.29) is 23.3 Å². The zero-order valence-corrected chi connectivity index (χ0v) is 15.3. The lowest BCUT2D eigenvalue weighted by Gasteiger charge is -2.34. The van der Waals surface area contributed by atoms with E-state index in [9.17, 15) is 29.3 Å². The van der Waals surface area contributed by atoms with Crippen LogP contribution in [0.15, 0.2) is 24.3 Å². The van der Waals surface area contributed by atoms with Gasteiger partial charge in [0.25, 0.3) is 5.69 Å². The molecule has 1 saturated heterocycles. The average Bonchev–Trinajstić information content (AvgIpc) is 2.86. The molecule has 0 aromatic heterocycles. The van der Waals surface area contributed by atoms with Gasteiger partial charge in [0, 0.05) is 23.9 Å². The van der Waals surface area contributed by atoms with Crippen LogP contribution in [0.3, 0.4) is 0 Å². The van der Waals surface area contributed by atoms with E-state index in [0.717, 1.165) is 24.2 Å². The van der Waals surface area contributed by atoms with Gasteiger partial charge in [-0.1, -0.05) is 19.8 Å². The monoisotopic (exact) mass is 388 g/mol. The highest BCUT2D eigenvalue weighted by Gasteiger charge is 2.49. The Morgan fingerprint density at radius 3 is 2.39 bits per heavy atom. The average molecular weight is 388 g/mol. The van der Waals surface area contributed by atoms with Crippen molar-refractivity contribution in [3.63, 3.8) is 0 Å². The standard InChI is InChI=1S/C18H20N4O6/c1-11-4-2-3-5-14(11)21-17(25)16(24)20(18(21)26)10-15(23)19-12-6-8-13(9-7-12)22(27)28/h6-9,11,14H,2-5,10H2,1H3,(H,19,23)/t11-,14+/m1/s1. The minimum atomic E-state index is -1.01. The Morgan fingerprint density at radius 2 is 1.79 bits per heavy atom. The molecule has 1 saturated carbocycles. The molecule has 0 spiro atoms. The first kappa shape index (κ1) is 19.5. The Labute approximate surface area is 160 Å². The van der Waals surface area contributed by atoms with Gasteiger partial charge in [0.15, 0.2) is 0 Å². The quantitative estimate of drug-likeness (QED) is 0.355. The second kappa shape index (κ2) is 7.75. The van der Waals surface area contributed by atoms with Crippen molar-refractivity contribution in [2.24, 2.45) is 5.92 Å². The first-order valence-corrected chi connectivity index (χ1v) is 9.03. The summed E-state index contributed by atoms with van der Waals surface area (Å²) < 4.78 is 0. The molecule has 1 aromatic rings. The Morgan fingerprint density at radius 1 is 1.14 bits per heavy atom. The molecule has 1 aromatic carbocycles. The minimum Gasteiger partial charge on any atom is -0.325 e. The van der Waals surface area contributed by atoms with Crippen LogP contribution in [0.4, 0.5) is 16.2 Å². The molecule has 28 heavy (non-hydrogen) atoms. The van der Waals surface area contributed by atoms with E-state index in [4.69, 9.17) is 0 Å². The van der Waals surface area contributed by atoms with E-state index in [1.807, 2.05) is 6.92 Å². The number of amides is 5. The Bertz CT molecular complexity index is 837. The van der Waals surface area contributed by atoms with Crippen molar-refractivity contribution >= 4 is 35.1 Å². The largest absolute Gasteiger partial charge is 0.334 e. The van der Waals surface area contributed by atoms with Crippen molar-refractivity contribution < 1.29 is 24.1 Å². The summed E-state index contributed by atoms with van der Waals surface area (Å²) in [5.41, 5.74) is 0.143. The molecular formula is C18H20N4O6. The molecule has 5 amide bonds. The number of carbonyl (C=O) groups is 4. The van der Waals surface area contributed by atoms with Crippen LogP contribution in [0.2, 0.25) is 0 Å². The van der Waals surface area contributed by atoms with Gasteiger partial charge in [-0.05, 0) is 30.9 Å². The Hall–Kier alpha value is -3.30. The highest BCUT2D eigenvalue weighted by molar-refractivity contribution is 6.45. The van der Waals surface area contributed by atoms with Crippen LogP contribution in [0.1, 0.15) is 32.6 Å². The number of hydrogen-bond donors (Lipinski definition) is 1. The Kier molecular flexibility index (Phi) is 5.39. The lowest BCUT2D eigenvalue weighted by atomic mass is 9.85. The number of urea groups is 1. The number of nitrogens with one attached hydrogen (secondary N) is 1. The number of benzene rings is 1. The van der Waals surface area contributed by atoms with Crippen molar-refractivity contribution in [2.75, 3.05) is 11.9 Å². The number of carbonyl (C=O) groups excluding carboxylic acids is 4. The highest BCUT2D eigenvalue weighted by Crippen LogP contribution is 2.31. The van der Waals surface area contributed by atoms with E-state index < -0.39 is 35.2 Å². The molecule has 2 atom stereocenters. The fraction of sp³-hybridized carbons (Fsp3) is 0.444. The molecule has 1 aliphatic carbocycles. The van der Waals surface area contributed by atoms with Crippen molar-refractivity contribution in [3.05, 3.63) is 34.4 Å². The molecule has 2 aliphatic rings. The summed E-state index contributed by atoms with van der Waals surface area (Å²) in [6, 6.07) is 4.01. The molecule has 0 bridgehead atoms. The Balaban J connectivity index is 1.67. The van der Waals surface area contributed by atoms with Gasteiger partial charge in [-0.2, -0.15) is 0 Å². The summed E-state index contributed by atoms with van der Waals surface area (Å²) in [6.07, 6.45) is 3.41. The van der Waals surface area contributed by atoms with Gasteiger partial charge in [-0.25, -0.2) is 9.69 Å². The van der Waals surface area contributed by atoms with Gasteiger partial charge in [0.1, 0.15) is 6.54 Å². The molecule has 10 nitrogen and oxygen atoms in total. The smallest absolute Gasteiger partial charge is 0.325 e. The second-order valence-corrected chi connectivity index (χ2v) is 7.03. The number of nitro benzene ring substituents is 1. The highest BCUT2D eigenvalue weighted by atomic mass is 16.6. The van der Waals surface area contributed by atoms with E-state index >= 15 is 0 Å². The molecule has 1 aliphatic heterocycles. The summed E-state index contributed by atoms with van der Waals surface area (Å²) in [7, 11) is 0. The van der Waals surface area contributed by atoms with Crippen LogP contribution in [-0.4, -0.2) is 51.1 Å². The van der Waals surface area contributed by atoms with Gasteiger partial charge >= 0.3 is 17.8 Å². The molecular weight excluding hydrogens is 368 g/mol. The second-order valence-electron chi connectivity index (χ2n) is 7.03. The lowest BCUT2D eigenvalue weighted by molar-refractivity contribution is -0.384. The maximum Gasteiger partial charge on any atom is 0.334 e. The molecule has 0 radical (unpaired) electrons. The molecule has 10 heteroatoms. The van der Waals surface area contributed by atoms with Crippen LogP contribution in [-0.2, 0) is 14.4 Å².